The second-order valence-electron chi connectivity index (χ2n) is 3.40. The van der Waals surface area contributed by atoms with Crippen LogP contribution in [0.3, 0.4) is 0 Å². The van der Waals surface area contributed by atoms with Crippen molar-refractivity contribution in [2.75, 3.05) is 18.0 Å². The van der Waals surface area contributed by atoms with Gasteiger partial charge in [-0.3, -0.25) is 4.98 Å². The minimum Gasteiger partial charge on any atom is -0.390 e. The second kappa shape index (κ2) is 6.19. The largest absolute Gasteiger partial charge is 0.390 e. The standard InChI is InChI=1S/C12H18N2O/c1-3-7-14(8-4-2)12-5-6-13-11(9-12)10-15/h3,5-6,9,15H,1,4,7-8,10H2,2H3. The van der Waals surface area contributed by atoms with Crippen molar-refractivity contribution in [3.05, 3.63) is 36.7 Å². The van der Waals surface area contributed by atoms with E-state index in [0.29, 0.717) is 5.69 Å². The summed E-state index contributed by atoms with van der Waals surface area (Å²) in [7, 11) is 0. The molecule has 1 aromatic heterocycles. The molecule has 0 aliphatic carbocycles. The molecule has 0 aromatic carbocycles. The van der Waals surface area contributed by atoms with Crippen molar-refractivity contribution < 1.29 is 5.11 Å². The Balaban J connectivity index is 2.83. The topological polar surface area (TPSA) is 36.4 Å². The van der Waals surface area contributed by atoms with Crippen molar-refractivity contribution >= 4 is 5.69 Å². The summed E-state index contributed by atoms with van der Waals surface area (Å²) in [5.74, 6) is 0. The van der Waals surface area contributed by atoms with E-state index in [1.54, 1.807) is 6.20 Å². The van der Waals surface area contributed by atoms with Crippen LogP contribution in [0.2, 0.25) is 0 Å². The van der Waals surface area contributed by atoms with Crippen LogP contribution in [-0.2, 0) is 6.61 Å². The van der Waals surface area contributed by atoms with Crippen molar-refractivity contribution in [1.82, 2.24) is 4.98 Å². The normalized spacial score (nSPS) is 10.0. The molecule has 0 saturated carbocycles. The Bertz CT molecular complexity index is 312. The molecule has 0 aliphatic rings. The fourth-order valence-electron chi connectivity index (χ4n) is 1.50. The molecule has 0 bridgehead atoms. The second-order valence-corrected chi connectivity index (χ2v) is 3.40. The lowest BCUT2D eigenvalue weighted by atomic mass is 10.2. The van der Waals surface area contributed by atoms with Gasteiger partial charge in [0.25, 0.3) is 0 Å². The lowest BCUT2D eigenvalue weighted by molar-refractivity contribution is 0.277. The minimum atomic E-state index is -0.0120. The Morgan fingerprint density at radius 2 is 2.40 bits per heavy atom. The van der Waals surface area contributed by atoms with E-state index < -0.39 is 0 Å². The third-order valence-corrected chi connectivity index (χ3v) is 2.17. The predicted molar refractivity (Wildman–Crippen MR) is 62.9 cm³/mol. The summed E-state index contributed by atoms with van der Waals surface area (Å²) in [6, 6.07) is 3.87. The maximum absolute atomic E-state index is 9.00. The Kier molecular flexibility index (Phi) is 4.84. The summed E-state index contributed by atoms with van der Waals surface area (Å²) in [5, 5.41) is 9.00. The molecule has 0 aliphatic heterocycles. The van der Waals surface area contributed by atoms with Gasteiger partial charge in [0.2, 0.25) is 0 Å². The number of aromatic nitrogens is 1. The molecule has 1 rings (SSSR count). The molecule has 0 atom stereocenters. The van der Waals surface area contributed by atoms with Crippen molar-refractivity contribution in [2.45, 2.75) is 20.0 Å². The van der Waals surface area contributed by atoms with Gasteiger partial charge >= 0.3 is 0 Å². The van der Waals surface area contributed by atoms with E-state index in [1.807, 2.05) is 18.2 Å². The van der Waals surface area contributed by atoms with Crippen LogP contribution in [0.25, 0.3) is 0 Å². The summed E-state index contributed by atoms with van der Waals surface area (Å²) in [5.41, 5.74) is 1.80. The highest BCUT2D eigenvalue weighted by Gasteiger charge is 2.04. The maximum Gasteiger partial charge on any atom is 0.0853 e. The van der Waals surface area contributed by atoms with Crippen LogP contribution >= 0.6 is 0 Å². The fourth-order valence-corrected chi connectivity index (χ4v) is 1.50. The van der Waals surface area contributed by atoms with Gasteiger partial charge in [-0.15, -0.1) is 6.58 Å². The summed E-state index contributed by atoms with van der Waals surface area (Å²) in [6.07, 6.45) is 4.70. The lowest BCUT2D eigenvalue weighted by Gasteiger charge is -2.22. The lowest BCUT2D eigenvalue weighted by Crippen LogP contribution is -2.24. The van der Waals surface area contributed by atoms with E-state index in [2.05, 4.69) is 23.4 Å². The minimum absolute atomic E-state index is 0.0120. The molecule has 1 aromatic rings. The maximum atomic E-state index is 9.00. The zero-order valence-corrected chi connectivity index (χ0v) is 9.19. The molecule has 1 heterocycles. The van der Waals surface area contributed by atoms with Gasteiger partial charge in [-0.2, -0.15) is 0 Å². The molecule has 15 heavy (non-hydrogen) atoms. The zero-order chi connectivity index (χ0) is 11.1. The van der Waals surface area contributed by atoms with E-state index in [4.69, 9.17) is 5.11 Å². The van der Waals surface area contributed by atoms with Gasteiger partial charge in [-0.25, -0.2) is 0 Å². The van der Waals surface area contributed by atoms with E-state index in [1.165, 1.54) is 0 Å². The summed E-state index contributed by atoms with van der Waals surface area (Å²) < 4.78 is 0. The van der Waals surface area contributed by atoms with Crippen LogP contribution in [0.5, 0.6) is 0 Å². The summed E-state index contributed by atoms with van der Waals surface area (Å²) >= 11 is 0. The molecule has 3 heteroatoms. The monoisotopic (exact) mass is 206 g/mol. The van der Waals surface area contributed by atoms with E-state index in [-0.39, 0.29) is 6.61 Å². The number of hydrogen-bond donors (Lipinski definition) is 1. The first-order valence-electron chi connectivity index (χ1n) is 5.23. The number of aliphatic hydroxyl groups excluding tert-OH is 1. The number of nitrogens with zero attached hydrogens (tertiary/aromatic N) is 2. The van der Waals surface area contributed by atoms with Gasteiger partial charge in [0.15, 0.2) is 0 Å². The first-order chi connectivity index (χ1) is 7.31. The van der Waals surface area contributed by atoms with Crippen molar-refractivity contribution in [2.24, 2.45) is 0 Å². The molecule has 3 nitrogen and oxygen atoms in total. The van der Waals surface area contributed by atoms with Crippen molar-refractivity contribution in [3.63, 3.8) is 0 Å². The zero-order valence-electron chi connectivity index (χ0n) is 9.19. The molecule has 0 saturated heterocycles. The highest BCUT2D eigenvalue weighted by molar-refractivity contribution is 5.46. The summed E-state index contributed by atoms with van der Waals surface area (Å²) in [6.45, 7) is 7.68. The van der Waals surface area contributed by atoms with Gasteiger partial charge in [-0.05, 0) is 18.6 Å². The van der Waals surface area contributed by atoms with Crippen LogP contribution in [0.15, 0.2) is 31.0 Å². The Hall–Kier alpha value is -1.35. The molecule has 0 amide bonds. The first kappa shape index (κ1) is 11.7. The molecule has 0 unspecified atom stereocenters. The molecule has 0 fully saturated rings. The smallest absolute Gasteiger partial charge is 0.0853 e. The number of aliphatic hydroxyl groups is 1. The van der Waals surface area contributed by atoms with Crippen molar-refractivity contribution in [1.29, 1.82) is 0 Å². The Labute approximate surface area is 91.1 Å². The van der Waals surface area contributed by atoms with Gasteiger partial charge in [0, 0.05) is 25.0 Å². The fraction of sp³-hybridized carbons (Fsp3) is 0.417. The Morgan fingerprint density at radius 3 is 3.00 bits per heavy atom. The Morgan fingerprint density at radius 1 is 1.60 bits per heavy atom. The van der Waals surface area contributed by atoms with Gasteiger partial charge in [0.05, 0.1) is 12.3 Å². The molecule has 0 spiro atoms. The van der Waals surface area contributed by atoms with Crippen LogP contribution < -0.4 is 4.90 Å². The van der Waals surface area contributed by atoms with Crippen LogP contribution in [-0.4, -0.2) is 23.2 Å². The SMILES string of the molecule is C=CCN(CCC)c1ccnc(CO)c1. The van der Waals surface area contributed by atoms with Gasteiger partial charge in [-0.1, -0.05) is 13.0 Å². The van der Waals surface area contributed by atoms with Crippen molar-refractivity contribution in [3.8, 4) is 0 Å². The van der Waals surface area contributed by atoms with Crippen LogP contribution in [0.1, 0.15) is 19.0 Å². The number of hydrogen-bond acceptors (Lipinski definition) is 3. The highest BCUT2D eigenvalue weighted by atomic mass is 16.3. The molecular weight excluding hydrogens is 188 g/mol. The number of rotatable bonds is 6. The summed E-state index contributed by atoms with van der Waals surface area (Å²) in [4.78, 5) is 6.27. The molecule has 1 N–H and O–H groups in total. The van der Waals surface area contributed by atoms with E-state index in [9.17, 15) is 0 Å². The average molecular weight is 206 g/mol. The predicted octanol–water partition coefficient (Wildman–Crippen LogP) is 1.98. The van der Waals surface area contributed by atoms with Gasteiger partial charge < -0.3 is 10.0 Å². The average Bonchev–Trinajstić information content (AvgIpc) is 2.29. The molecule has 82 valence electrons. The molecular formula is C12H18N2O. The van der Waals surface area contributed by atoms with E-state index >= 15 is 0 Å². The third-order valence-electron chi connectivity index (χ3n) is 2.17. The van der Waals surface area contributed by atoms with E-state index in [0.717, 1.165) is 25.2 Å². The number of anilines is 1. The van der Waals surface area contributed by atoms with Gasteiger partial charge in [0.1, 0.15) is 0 Å². The quantitative estimate of drug-likeness (QED) is 0.723. The van der Waals surface area contributed by atoms with Crippen LogP contribution in [0, 0.1) is 0 Å². The first-order valence-corrected chi connectivity index (χ1v) is 5.23. The number of pyridine rings is 1. The van der Waals surface area contributed by atoms with Crippen LogP contribution in [0.4, 0.5) is 5.69 Å². The molecule has 0 radical (unpaired) electrons. The highest BCUT2D eigenvalue weighted by Crippen LogP contribution is 2.14. The third kappa shape index (κ3) is 3.36.